The second-order valence-electron chi connectivity index (χ2n) is 8.76. The lowest BCUT2D eigenvalue weighted by molar-refractivity contribution is 0.397. The van der Waals surface area contributed by atoms with Crippen molar-refractivity contribution >= 4 is 22.7 Å². The summed E-state index contributed by atoms with van der Waals surface area (Å²) >= 11 is 3.37. The van der Waals surface area contributed by atoms with E-state index in [1.165, 1.54) is 11.1 Å². The Hall–Kier alpha value is -3.98. The summed E-state index contributed by atoms with van der Waals surface area (Å²) in [5, 5.41) is 18.9. The molecule has 0 saturated heterocycles. The first-order chi connectivity index (χ1) is 18.2. The summed E-state index contributed by atoms with van der Waals surface area (Å²) in [6.45, 7) is 8.46. The van der Waals surface area contributed by atoms with Gasteiger partial charge in [-0.15, -0.1) is 22.7 Å². The van der Waals surface area contributed by atoms with E-state index in [-0.39, 0.29) is 0 Å². The number of thiophene rings is 2. The van der Waals surface area contributed by atoms with E-state index in [0.29, 0.717) is 34.1 Å². The molecule has 4 aromatic rings. The minimum absolute atomic E-state index is 0.480. The Balaban J connectivity index is 1.96. The monoisotopic (exact) mass is 544 g/mol. The third-order valence-corrected chi connectivity index (χ3v) is 9.81. The molecule has 38 heavy (non-hydrogen) atoms. The fourth-order valence-corrected chi connectivity index (χ4v) is 7.48. The maximum Gasteiger partial charge on any atom is 0.132 e. The van der Waals surface area contributed by atoms with E-state index in [4.69, 9.17) is 18.9 Å². The smallest absolute Gasteiger partial charge is 0.132 e. The number of nitrogens with zero attached hydrogens (tertiary/aromatic N) is 2. The molecule has 0 saturated carbocycles. The molecule has 6 nitrogen and oxygen atoms in total. The molecule has 2 heterocycles. The van der Waals surface area contributed by atoms with Crippen LogP contribution in [0, 0.1) is 50.4 Å². The van der Waals surface area contributed by atoms with Gasteiger partial charge in [0.2, 0.25) is 0 Å². The molecule has 2 aromatic heterocycles. The van der Waals surface area contributed by atoms with E-state index in [0.717, 1.165) is 41.8 Å². The Morgan fingerprint density at radius 2 is 0.763 bits per heavy atom. The van der Waals surface area contributed by atoms with Crippen LogP contribution >= 0.6 is 22.7 Å². The van der Waals surface area contributed by atoms with Gasteiger partial charge in [-0.2, -0.15) is 10.5 Å². The third-order valence-electron chi connectivity index (χ3n) is 6.83. The SMILES string of the molecule is COc1cc(C#N)cc(OC)c1-c1sc(-c2sc(-c3c(OC)cc(C#N)cc3OC)c(C)c2C)c(C)c1C. The summed E-state index contributed by atoms with van der Waals surface area (Å²) in [4.78, 5) is 4.40. The largest absolute Gasteiger partial charge is 0.496 e. The molecule has 2 aromatic carbocycles. The lowest BCUT2D eigenvalue weighted by atomic mass is 10.0. The Labute approximate surface area is 231 Å². The normalized spacial score (nSPS) is 10.6. The third kappa shape index (κ3) is 4.36. The molecule has 0 amide bonds. The van der Waals surface area contributed by atoms with Gasteiger partial charge >= 0.3 is 0 Å². The minimum Gasteiger partial charge on any atom is -0.496 e. The van der Waals surface area contributed by atoms with Crippen molar-refractivity contribution in [1.29, 1.82) is 10.5 Å². The van der Waals surface area contributed by atoms with Gasteiger partial charge in [-0.05, 0) is 74.2 Å². The molecular formula is C30H28N2O4S2. The second-order valence-corrected chi connectivity index (χ2v) is 10.8. The van der Waals surface area contributed by atoms with Crippen LogP contribution in [0.25, 0.3) is 30.6 Å². The van der Waals surface area contributed by atoms with Crippen molar-refractivity contribution in [3.8, 4) is 65.8 Å². The quantitative estimate of drug-likeness (QED) is 0.236. The number of hydrogen-bond donors (Lipinski definition) is 0. The Kier molecular flexibility index (Phi) is 7.68. The number of methoxy groups -OCH3 is 4. The zero-order valence-electron chi connectivity index (χ0n) is 22.7. The highest BCUT2D eigenvalue weighted by Crippen LogP contribution is 2.53. The van der Waals surface area contributed by atoms with Gasteiger partial charge in [-0.1, -0.05) is 0 Å². The van der Waals surface area contributed by atoms with E-state index in [1.54, 1.807) is 75.4 Å². The van der Waals surface area contributed by atoms with Crippen molar-refractivity contribution in [1.82, 2.24) is 0 Å². The van der Waals surface area contributed by atoms with Crippen molar-refractivity contribution in [3.63, 3.8) is 0 Å². The van der Waals surface area contributed by atoms with Crippen LogP contribution in [0.15, 0.2) is 24.3 Å². The zero-order valence-corrected chi connectivity index (χ0v) is 24.3. The Morgan fingerprint density at radius 3 is 1.00 bits per heavy atom. The fraction of sp³-hybridized carbons (Fsp3) is 0.267. The molecule has 0 N–H and O–H groups in total. The van der Waals surface area contributed by atoms with Crippen LogP contribution in [-0.4, -0.2) is 28.4 Å². The second kappa shape index (κ2) is 10.8. The molecule has 194 valence electrons. The van der Waals surface area contributed by atoms with Crippen LogP contribution in [0.4, 0.5) is 0 Å². The average molecular weight is 545 g/mol. The molecule has 8 heteroatoms. The number of benzene rings is 2. The summed E-state index contributed by atoms with van der Waals surface area (Å²) < 4.78 is 22.8. The number of rotatable bonds is 7. The summed E-state index contributed by atoms with van der Waals surface area (Å²) in [6, 6.07) is 11.3. The fourth-order valence-electron chi connectivity index (χ4n) is 4.50. The highest BCUT2D eigenvalue weighted by atomic mass is 32.1. The predicted octanol–water partition coefficient (Wildman–Crippen LogP) is 7.82. The van der Waals surface area contributed by atoms with Crippen molar-refractivity contribution in [2.45, 2.75) is 27.7 Å². The standard InChI is InChI=1S/C30H28N2O4S2/c1-15-17(3)29(37-27(15)25-21(33-5)9-19(13-31)10-22(25)34-6)30-18(4)16(2)28(38-30)26-23(35-7)11-20(14-32)12-24(26)36-8/h9-12H,1-8H3. The first-order valence-electron chi connectivity index (χ1n) is 11.8. The van der Waals surface area contributed by atoms with Crippen molar-refractivity contribution in [2.24, 2.45) is 0 Å². The van der Waals surface area contributed by atoms with Gasteiger partial charge < -0.3 is 18.9 Å². The van der Waals surface area contributed by atoms with Crippen LogP contribution in [-0.2, 0) is 0 Å². The molecule has 0 aliphatic carbocycles. The number of hydrogen-bond acceptors (Lipinski definition) is 8. The van der Waals surface area contributed by atoms with Gasteiger partial charge in [-0.25, -0.2) is 0 Å². The zero-order chi connectivity index (χ0) is 27.7. The summed E-state index contributed by atoms with van der Waals surface area (Å²) in [7, 11) is 6.42. The minimum atomic E-state index is 0.480. The van der Waals surface area contributed by atoms with E-state index >= 15 is 0 Å². The van der Waals surface area contributed by atoms with E-state index in [9.17, 15) is 10.5 Å². The molecule has 4 rings (SSSR count). The van der Waals surface area contributed by atoms with Crippen molar-refractivity contribution in [2.75, 3.05) is 28.4 Å². The van der Waals surface area contributed by atoms with Crippen molar-refractivity contribution < 1.29 is 18.9 Å². The highest BCUT2D eigenvalue weighted by Gasteiger charge is 2.26. The van der Waals surface area contributed by atoms with E-state index < -0.39 is 0 Å². The molecule has 0 spiro atoms. The molecule has 0 fully saturated rings. The van der Waals surface area contributed by atoms with Crippen LogP contribution in [0.3, 0.4) is 0 Å². The molecule has 0 radical (unpaired) electrons. The van der Waals surface area contributed by atoms with Gasteiger partial charge in [0.1, 0.15) is 23.0 Å². The van der Waals surface area contributed by atoms with Crippen LogP contribution in [0.5, 0.6) is 23.0 Å². The summed E-state index contributed by atoms with van der Waals surface area (Å²) in [5.74, 6) is 2.40. The molecule has 0 aliphatic heterocycles. The Bertz CT molecular complexity index is 1460. The van der Waals surface area contributed by atoms with Crippen LogP contribution in [0.2, 0.25) is 0 Å². The van der Waals surface area contributed by atoms with E-state index in [1.807, 2.05) is 0 Å². The average Bonchev–Trinajstić information content (AvgIpc) is 3.40. The molecule has 0 aliphatic rings. The first kappa shape index (κ1) is 27.1. The first-order valence-corrected chi connectivity index (χ1v) is 13.4. The maximum absolute atomic E-state index is 9.46. The number of nitriles is 2. The molecule has 0 atom stereocenters. The summed E-state index contributed by atoms with van der Waals surface area (Å²) in [6.07, 6.45) is 0. The van der Waals surface area contributed by atoms with Gasteiger partial charge in [0, 0.05) is 19.5 Å². The molecular weight excluding hydrogens is 516 g/mol. The van der Waals surface area contributed by atoms with Gasteiger partial charge in [0.05, 0.1) is 62.8 Å². The molecule has 0 unspecified atom stereocenters. The lowest BCUT2D eigenvalue weighted by Gasteiger charge is -2.13. The lowest BCUT2D eigenvalue weighted by Crippen LogP contribution is -1.94. The van der Waals surface area contributed by atoms with Gasteiger partial charge in [0.25, 0.3) is 0 Å². The van der Waals surface area contributed by atoms with Crippen LogP contribution in [0.1, 0.15) is 33.4 Å². The number of ether oxygens (including phenoxy) is 4. The van der Waals surface area contributed by atoms with Gasteiger partial charge in [0.15, 0.2) is 0 Å². The van der Waals surface area contributed by atoms with Gasteiger partial charge in [-0.3, -0.25) is 0 Å². The summed E-state index contributed by atoms with van der Waals surface area (Å²) in [5.41, 5.74) is 7.25. The van der Waals surface area contributed by atoms with Crippen molar-refractivity contribution in [3.05, 3.63) is 57.6 Å². The Morgan fingerprint density at radius 1 is 0.500 bits per heavy atom. The highest BCUT2D eigenvalue weighted by molar-refractivity contribution is 7.25. The predicted molar refractivity (Wildman–Crippen MR) is 153 cm³/mol. The maximum atomic E-state index is 9.46. The van der Waals surface area contributed by atoms with Crippen LogP contribution < -0.4 is 18.9 Å². The molecule has 0 bridgehead atoms. The van der Waals surface area contributed by atoms with E-state index in [2.05, 4.69) is 39.8 Å². The topological polar surface area (TPSA) is 84.5 Å².